The van der Waals surface area contributed by atoms with E-state index in [0.29, 0.717) is 6.04 Å². The van der Waals surface area contributed by atoms with Gasteiger partial charge in [0.25, 0.3) is 0 Å². The maximum Gasteiger partial charge on any atom is 0.119 e. The third kappa shape index (κ3) is 4.71. The maximum atomic E-state index is 5.31. The molecule has 3 aromatic rings. The zero-order valence-electron chi connectivity index (χ0n) is 15.1. The standard InChI is InChI=1S/C22H23BrN2O/c1-16(25-14-11-20-15-21(26-2)7-8-22(20)23)17-3-5-18(6-4-17)19-9-12-24-13-10-19/h3-10,12-13,15-16,25H,11,14H2,1-2H3. The van der Waals surface area contributed by atoms with Crippen LogP contribution in [0.15, 0.2) is 71.5 Å². The molecule has 1 atom stereocenters. The summed E-state index contributed by atoms with van der Waals surface area (Å²) in [5, 5.41) is 3.60. The van der Waals surface area contributed by atoms with Crippen molar-refractivity contribution in [2.24, 2.45) is 0 Å². The van der Waals surface area contributed by atoms with Gasteiger partial charge in [-0.05, 0) is 72.5 Å². The number of benzene rings is 2. The molecule has 1 aromatic heterocycles. The molecule has 26 heavy (non-hydrogen) atoms. The summed E-state index contributed by atoms with van der Waals surface area (Å²) in [5.74, 6) is 0.892. The van der Waals surface area contributed by atoms with Crippen LogP contribution in [0.25, 0.3) is 11.1 Å². The molecule has 3 rings (SSSR count). The molecule has 2 aromatic carbocycles. The molecule has 0 bridgehead atoms. The van der Waals surface area contributed by atoms with Crippen LogP contribution in [0.5, 0.6) is 5.75 Å². The quantitative estimate of drug-likeness (QED) is 0.564. The Morgan fingerprint density at radius 3 is 2.38 bits per heavy atom. The minimum absolute atomic E-state index is 0.297. The molecular weight excluding hydrogens is 388 g/mol. The van der Waals surface area contributed by atoms with E-state index >= 15 is 0 Å². The van der Waals surface area contributed by atoms with Crippen LogP contribution in [0.4, 0.5) is 0 Å². The van der Waals surface area contributed by atoms with Crippen LogP contribution in [-0.2, 0) is 6.42 Å². The van der Waals surface area contributed by atoms with Gasteiger partial charge >= 0.3 is 0 Å². The number of nitrogens with one attached hydrogen (secondary N) is 1. The van der Waals surface area contributed by atoms with Crippen LogP contribution in [0.3, 0.4) is 0 Å². The van der Waals surface area contributed by atoms with E-state index in [1.807, 2.05) is 36.7 Å². The van der Waals surface area contributed by atoms with Crippen LogP contribution in [-0.4, -0.2) is 18.6 Å². The van der Waals surface area contributed by atoms with Crippen molar-refractivity contribution in [3.8, 4) is 16.9 Å². The summed E-state index contributed by atoms with van der Waals surface area (Å²) in [5.41, 5.74) is 4.93. The predicted molar refractivity (Wildman–Crippen MR) is 110 cm³/mol. The summed E-state index contributed by atoms with van der Waals surface area (Å²) in [7, 11) is 1.70. The monoisotopic (exact) mass is 410 g/mol. The summed E-state index contributed by atoms with van der Waals surface area (Å²) in [6.07, 6.45) is 4.59. The zero-order chi connectivity index (χ0) is 18.4. The van der Waals surface area contributed by atoms with Gasteiger partial charge in [0.2, 0.25) is 0 Å². The highest BCUT2D eigenvalue weighted by molar-refractivity contribution is 9.10. The second kappa shape index (κ2) is 8.97. The molecule has 0 saturated heterocycles. The zero-order valence-corrected chi connectivity index (χ0v) is 16.7. The predicted octanol–water partition coefficient (Wildman–Crippen LogP) is 5.41. The van der Waals surface area contributed by atoms with Gasteiger partial charge in [0.15, 0.2) is 0 Å². The molecule has 1 unspecified atom stereocenters. The highest BCUT2D eigenvalue weighted by Gasteiger charge is 2.07. The molecule has 1 heterocycles. The Morgan fingerprint density at radius 2 is 1.69 bits per heavy atom. The molecule has 0 spiro atoms. The van der Waals surface area contributed by atoms with E-state index in [4.69, 9.17) is 4.74 Å². The van der Waals surface area contributed by atoms with Gasteiger partial charge in [-0.25, -0.2) is 0 Å². The number of pyridine rings is 1. The van der Waals surface area contributed by atoms with Gasteiger partial charge in [0.1, 0.15) is 5.75 Å². The van der Waals surface area contributed by atoms with Crippen LogP contribution in [0, 0.1) is 0 Å². The summed E-state index contributed by atoms with van der Waals surface area (Å²) in [4.78, 5) is 4.07. The third-order valence-corrected chi connectivity index (χ3v) is 5.30. The Balaban J connectivity index is 1.58. The summed E-state index contributed by atoms with van der Waals surface area (Å²) < 4.78 is 6.43. The summed E-state index contributed by atoms with van der Waals surface area (Å²) in [6, 6.07) is 19.2. The molecule has 0 amide bonds. The second-order valence-corrected chi connectivity index (χ2v) is 7.10. The van der Waals surface area contributed by atoms with Crippen molar-refractivity contribution < 1.29 is 4.74 Å². The van der Waals surface area contributed by atoms with E-state index < -0.39 is 0 Å². The van der Waals surface area contributed by atoms with E-state index in [1.54, 1.807) is 7.11 Å². The largest absolute Gasteiger partial charge is 0.497 e. The number of hydrogen-bond donors (Lipinski definition) is 1. The number of nitrogens with zero attached hydrogens (tertiary/aromatic N) is 1. The SMILES string of the molecule is COc1ccc(Br)c(CCNC(C)c2ccc(-c3ccncc3)cc2)c1. The Kier molecular flexibility index (Phi) is 6.42. The Labute approximate surface area is 163 Å². The lowest BCUT2D eigenvalue weighted by Gasteiger charge is -2.15. The van der Waals surface area contributed by atoms with Gasteiger partial charge < -0.3 is 10.1 Å². The van der Waals surface area contributed by atoms with Crippen molar-refractivity contribution in [1.82, 2.24) is 10.3 Å². The molecule has 0 fully saturated rings. The Bertz CT molecular complexity index is 835. The van der Waals surface area contributed by atoms with Crippen molar-refractivity contribution >= 4 is 15.9 Å². The normalized spacial score (nSPS) is 12.0. The van der Waals surface area contributed by atoms with Crippen molar-refractivity contribution in [3.63, 3.8) is 0 Å². The average Bonchev–Trinajstić information content (AvgIpc) is 2.70. The Hall–Kier alpha value is -2.17. The van der Waals surface area contributed by atoms with Gasteiger partial charge in [-0.1, -0.05) is 40.2 Å². The summed E-state index contributed by atoms with van der Waals surface area (Å²) in [6.45, 7) is 3.10. The lowest BCUT2D eigenvalue weighted by molar-refractivity contribution is 0.414. The van der Waals surface area contributed by atoms with Gasteiger partial charge in [0, 0.05) is 22.9 Å². The van der Waals surface area contributed by atoms with Crippen LogP contribution < -0.4 is 10.1 Å². The molecule has 1 N–H and O–H groups in total. The van der Waals surface area contributed by atoms with Crippen molar-refractivity contribution in [3.05, 3.63) is 82.6 Å². The fourth-order valence-corrected chi connectivity index (χ4v) is 3.36. The number of rotatable bonds is 7. The average molecular weight is 411 g/mol. The van der Waals surface area contributed by atoms with Crippen molar-refractivity contribution in [1.29, 1.82) is 0 Å². The minimum Gasteiger partial charge on any atom is -0.497 e. The molecule has 0 aliphatic carbocycles. The van der Waals surface area contributed by atoms with E-state index in [2.05, 4.69) is 63.5 Å². The topological polar surface area (TPSA) is 34.1 Å². The fourth-order valence-electron chi connectivity index (χ4n) is 2.92. The molecular formula is C22H23BrN2O. The van der Waals surface area contributed by atoms with Crippen LogP contribution in [0.2, 0.25) is 0 Å². The first-order chi connectivity index (χ1) is 12.7. The molecule has 0 aliphatic rings. The number of halogens is 1. The molecule has 134 valence electrons. The number of hydrogen-bond acceptors (Lipinski definition) is 3. The lowest BCUT2D eigenvalue weighted by Crippen LogP contribution is -2.21. The molecule has 0 saturated carbocycles. The van der Waals surface area contributed by atoms with E-state index in [1.165, 1.54) is 22.3 Å². The van der Waals surface area contributed by atoms with Crippen LogP contribution >= 0.6 is 15.9 Å². The fraction of sp³-hybridized carbons (Fsp3) is 0.227. The molecule has 0 radical (unpaired) electrons. The number of methoxy groups -OCH3 is 1. The van der Waals surface area contributed by atoms with Crippen molar-refractivity contribution in [2.75, 3.05) is 13.7 Å². The number of aromatic nitrogens is 1. The minimum atomic E-state index is 0.297. The van der Waals surface area contributed by atoms with E-state index in [-0.39, 0.29) is 0 Å². The van der Waals surface area contributed by atoms with E-state index in [9.17, 15) is 0 Å². The highest BCUT2D eigenvalue weighted by atomic mass is 79.9. The first-order valence-electron chi connectivity index (χ1n) is 8.73. The lowest BCUT2D eigenvalue weighted by atomic mass is 10.0. The summed E-state index contributed by atoms with van der Waals surface area (Å²) >= 11 is 3.61. The van der Waals surface area contributed by atoms with Crippen molar-refractivity contribution in [2.45, 2.75) is 19.4 Å². The first kappa shape index (κ1) is 18.6. The molecule has 3 nitrogen and oxygen atoms in total. The molecule has 0 aliphatic heterocycles. The second-order valence-electron chi connectivity index (χ2n) is 6.24. The Morgan fingerprint density at radius 1 is 1.00 bits per heavy atom. The highest BCUT2D eigenvalue weighted by Crippen LogP contribution is 2.24. The van der Waals surface area contributed by atoms with Gasteiger partial charge in [-0.2, -0.15) is 0 Å². The maximum absolute atomic E-state index is 5.31. The number of ether oxygens (including phenoxy) is 1. The van der Waals surface area contributed by atoms with Gasteiger partial charge in [-0.3, -0.25) is 4.98 Å². The van der Waals surface area contributed by atoms with E-state index in [0.717, 1.165) is 23.2 Å². The smallest absolute Gasteiger partial charge is 0.119 e. The first-order valence-corrected chi connectivity index (χ1v) is 9.53. The molecule has 4 heteroatoms. The third-order valence-electron chi connectivity index (χ3n) is 4.52. The van der Waals surface area contributed by atoms with Gasteiger partial charge in [-0.15, -0.1) is 0 Å². The van der Waals surface area contributed by atoms with Crippen LogP contribution in [0.1, 0.15) is 24.1 Å². The van der Waals surface area contributed by atoms with Gasteiger partial charge in [0.05, 0.1) is 7.11 Å².